The summed E-state index contributed by atoms with van der Waals surface area (Å²) in [5.41, 5.74) is 2.51. The minimum atomic E-state index is 0.443. The molecule has 0 aliphatic rings. The number of guanidine groups is 1. The summed E-state index contributed by atoms with van der Waals surface area (Å²) in [6.45, 7) is 6.91. The summed E-state index contributed by atoms with van der Waals surface area (Å²) >= 11 is 1.73. The van der Waals surface area contributed by atoms with Crippen molar-refractivity contribution < 1.29 is 9.47 Å². The largest absolute Gasteiger partial charge is 0.492 e. The monoisotopic (exact) mass is 418 g/mol. The van der Waals surface area contributed by atoms with Crippen LogP contribution in [0.4, 0.5) is 0 Å². The van der Waals surface area contributed by atoms with E-state index in [1.807, 2.05) is 12.1 Å². The second kappa shape index (κ2) is 13.2. The number of aliphatic imine (C=N–C) groups is 1. The number of benzene rings is 1. The molecule has 0 saturated carbocycles. The highest BCUT2D eigenvalue weighted by molar-refractivity contribution is 7.07. The van der Waals surface area contributed by atoms with Gasteiger partial charge in [-0.2, -0.15) is 11.3 Å². The van der Waals surface area contributed by atoms with Gasteiger partial charge >= 0.3 is 0 Å². The van der Waals surface area contributed by atoms with Crippen molar-refractivity contribution in [1.29, 1.82) is 0 Å². The zero-order valence-electron chi connectivity index (χ0n) is 18.0. The standard InChI is InChI=1S/C22H34N4O2S/c1-18(20-8-13-29-17-20)15-24-22(23-2)25-16-19-6-5-7-21(14-19)28-12-10-26(3)9-11-27-4/h5-8,13-14,17-18H,9-12,15-16H2,1-4H3,(H2,23,24,25). The van der Waals surface area contributed by atoms with Gasteiger partial charge in [-0.05, 0) is 53.1 Å². The van der Waals surface area contributed by atoms with Crippen molar-refractivity contribution in [3.63, 3.8) is 0 Å². The van der Waals surface area contributed by atoms with Gasteiger partial charge in [0, 0.05) is 40.3 Å². The fraction of sp³-hybridized carbons (Fsp3) is 0.500. The smallest absolute Gasteiger partial charge is 0.191 e. The van der Waals surface area contributed by atoms with E-state index in [1.54, 1.807) is 25.5 Å². The Bertz CT molecular complexity index is 721. The molecule has 160 valence electrons. The van der Waals surface area contributed by atoms with Crippen LogP contribution in [0.5, 0.6) is 5.75 Å². The first-order chi connectivity index (χ1) is 14.1. The highest BCUT2D eigenvalue weighted by Crippen LogP contribution is 2.17. The number of methoxy groups -OCH3 is 1. The molecule has 6 nitrogen and oxygen atoms in total. The summed E-state index contributed by atoms with van der Waals surface area (Å²) in [4.78, 5) is 6.52. The minimum absolute atomic E-state index is 0.443. The fourth-order valence-corrected chi connectivity index (χ4v) is 3.54. The molecule has 0 radical (unpaired) electrons. The van der Waals surface area contributed by atoms with Crippen molar-refractivity contribution in [2.75, 3.05) is 54.1 Å². The lowest BCUT2D eigenvalue weighted by atomic mass is 10.1. The molecular weight excluding hydrogens is 384 g/mol. The first-order valence-corrected chi connectivity index (χ1v) is 10.9. The van der Waals surface area contributed by atoms with Crippen molar-refractivity contribution in [3.8, 4) is 5.75 Å². The molecule has 0 aliphatic carbocycles. The molecule has 1 atom stereocenters. The van der Waals surface area contributed by atoms with E-state index in [-0.39, 0.29) is 0 Å². The lowest BCUT2D eigenvalue weighted by molar-refractivity contribution is 0.150. The highest BCUT2D eigenvalue weighted by Gasteiger charge is 2.07. The van der Waals surface area contributed by atoms with E-state index in [0.29, 0.717) is 19.1 Å². The van der Waals surface area contributed by atoms with Gasteiger partial charge in [-0.15, -0.1) is 0 Å². The summed E-state index contributed by atoms with van der Waals surface area (Å²) in [6, 6.07) is 10.4. The third-order valence-corrected chi connectivity index (χ3v) is 5.39. The number of nitrogens with one attached hydrogen (secondary N) is 2. The fourth-order valence-electron chi connectivity index (χ4n) is 2.75. The predicted molar refractivity (Wildman–Crippen MR) is 122 cm³/mol. The molecule has 2 N–H and O–H groups in total. The number of hydrogen-bond acceptors (Lipinski definition) is 5. The maximum absolute atomic E-state index is 5.90. The van der Waals surface area contributed by atoms with Crippen LogP contribution in [0.25, 0.3) is 0 Å². The van der Waals surface area contributed by atoms with Crippen LogP contribution in [-0.2, 0) is 11.3 Å². The molecule has 1 aromatic heterocycles. The van der Waals surface area contributed by atoms with Crippen molar-refractivity contribution in [2.45, 2.75) is 19.4 Å². The first-order valence-electron chi connectivity index (χ1n) is 9.98. The topological polar surface area (TPSA) is 58.1 Å². The van der Waals surface area contributed by atoms with Crippen LogP contribution in [0.1, 0.15) is 24.0 Å². The molecule has 0 amide bonds. The van der Waals surface area contributed by atoms with E-state index in [0.717, 1.165) is 43.5 Å². The van der Waals surface area contributed by atoms with Crippen molar-refractivity contribution in [2.24, 2.45) is 4.99 Å². The van der Waals surface area contributed by atoms with Gasteiger partial charge in [0.05, 0.1) is 6.61 Å². The van der Waals surface area contributed by atoms with Crippen LogP contribution < -0.4 is 15.4 Å². The first kappa shape index (κ1) is 23.2. The average molecular weight is 419 g/mol. The van der Waals surface area contributed by atoms with E-state index in [1.165, 1.54) is 5.56 Å². The van der Waals surface area contributed by atoms with Gasteiger partial charge in [0.1, 0.15) is 12.4 Å². The van der Waals surface area contributed by atoms with Crippen molar-refractivity contribution in [1.82, 2.24) is 15.5 Å². The summed E-state index contributed by atoms with van der Waals surface area (Å²) in [5, 5.41) is 11.1. The number of nitrogens with zero attached hydrogens (tertiary/aromatic N) is 2. The molecular formula is C22H34N4O2S. The molecule has 7 heteroatoms. The third kappa shape index (κ3) is 8.85. The lowest BCUT2D eigenvalue weighted by Gasteiger charge is -2.17. The number of hydrogen-bond donors (Lipinski definition) is 2. The Kier molecular flexibility index (Phi) is 10.5. The molecule has 1 heterocycles. The SMILES string of the molecule is CN=C(NCc1cccc(OCCN(C)CCOC)c1)NCC(C)c1ccsc1. The summed E-state index contributed by atoms with van der Waals surface area (Å²) < 4.78 is 11.0. The maximum atomic E-state index is 5.90. The number of thiophene rings is 1. The van der Waals surface area contributed by atoms with Gasteiger partial charge in [0.25, 0.3) is 0 Å². The minimum Gasteiger partial charge on any atom is -0.492 e. The normalized spacial score (nSPS) is 12.8. The van der Waals surface area contributed by atoms with Gasteiger partial charge < -0.3 is 25.0 Å². The second-order valence-electron chi connectivity index (χ2n) is 7.06. The van der Waals surface area contributed by atoms with Gasteiger partial charge in [0.15, 0.2) is 5.96 Å². The predicted octanol–water partition coefficient (Wildman–Crippen LogP) is 3.17. The van der Waals surface area contributed by atoms with Crippen molar-refractivity contribution >= 4 is 17.3 Å². The molecule has 0 bridgehead atoms. The average Bonchev–Trinajstić information content (AvgIpc) is 3.27. The molecule has 29 heavy (non-hydrogen) atoms. The van der Waals surface area contributed by atoms with E-state index in [2.05, 4.69) is 63.5 Å². The number of ether oxygens (including phenoxy) is 2. The van der Waals surface area contributed by atoms with E-state index >= 15 is 0 Å². The second-order valence-corrected chi connectivity index (χ2v) is 7.84. The van der Waals surface area contributed by atoms with Crippen LogP contribution in [0.3, 0.4) is 0 Å². The van der Waals surface area contributed by atoms with Crippen LogP contribution in [0.15, 0.2) is 46.1 Å². The van der Waals surface area contributed by atoms with E-state index < -0.39 is 0 Å². The summed E-state index contributed by atoms with van der Waals surface area (Å²) in [6.07, 6.45) is 0. The Morgan fingerprint density at radius 3 is 2.76 bits per heavy atom. The molecule has 0 saturated heterocycles. The lowest BCUT2D eigenvalue weighted by Crippen LogP contribution is -2.38. The van der Waals surface area contributed by atoms with Crippen LogP contribution in [0, 0.1) is 0 Å². The number of rotatable bonds is 12. The molecule has 2 aromatic rings. The molecule has 0 spiro atoms. The van der Waals surface area contributed by atoms with Gasteiger partial charge in [-0.3, -0.25) is 4.99 Å². The van der Waals surface area contributed by atoms with Crippen LogP contribution in [0.2, 0.25) is 0 Å². The van der Waals surface area contributed by atoms with E-state index in [9.17, 15) is 0 Å². The highest BCUT2D eigenvalue weighted by atomic mass is 32.1. The maximum Gasteiger partial charge on any atom is 0.191 e. The van der Waals surface area contributed by atoms with Gasteiger partial charge in [-0.25, -0.2) is 0 Å². The molecule has 0 fully saturated rings. The zero-order valence-corrected chi connectivity index (χ0v) is 18.8. The Labute approximate surface area is 178 Å². The Balaban J connectivity index is 1.74. The van der Waals surface area contributed by atoms with Crippen LogP contribution in [-0.4, -0.2) is 64.9 Å². The molecule has 1 aromatic carbocycles. The Morgan fingerprint density at radius 1 is 1.21 bits per heavy atom. The quantitative estimate of drug-likeness (QED) is 0.410. The molecule has 0 aliphatic heterocycles. The Hall–Kier alpha value is -2.09. The van der Waals surface area contributed by atoms with Crippen molar-refractivity contribution in [3.05, 3.63) is 52.2 Å². The third-order valence-electron chi connectivity index (χ3n) is 4.69. The number of likely N-dealkylation sites (N-methyl/N-ethyl adjacent to an activating group) is 1. The molecule has 1 unspecified atom stereocenters. The Morgan fingerprint density at radius 2 is 2.03 bits per heavy atom. The summed E-state index contributed by atoms with van der Waals surface area (Å²) in [5.74, 6) is 2.13. The zero-order chi connectivity index (χ0) is 20.9. The van der Waals surface area contributed by atoms with Crippen LogP contribution >= 0.6 is 11.3 Å². The van der Waals surface area contributed by atoms with Gasteiger partial charge in [-0.1, -0.05) is 19.1 Å². The summed E-state index contributed by atoms with van der Waals surface area (Å²) in [7, 11) is 5.59. The van der Waals surface area contributed by atoms with E-state index in [4.69, 9.17) is 9.47 Å². The van der Waals surface area contributed by atoms with Gasteiger partial charge in [0.2, 0.25) is 0 Å². The molecule has 2 rings (SSSR count).